The molecular weight excluding hydrogens is 228 g/mol. The van der Waals surface area contributed by atoms with Gasteiger partial charge in [-0.1, -0.05) is 23.8 Å². The maximum Gasteiger partial charge on any atom is 0.241 e. The molecule has 1 unspecified atom stereocenters. The summed E-state index contributed by atoms with van der Waals surface area (Å²) in [6, 6.07) is 5.50. The molecule has 0 heterocycles. The van der Waals surface area contributed by atoms with E-state index in [1.165, 1.54) is 16.7 Å². The van der Waals surface area contributed by atoms with Gasteiger partial charge in [0.2, 0.25) is 5.91 Å². The summed E-state index contributed by atoms with van der Waals surface area (Å²) in [5.74, 6) is -0.220. The normalized spacial score (nSPS) is 12.3. The van der Waals surface area contributed by atoms with E-state index < -0.39 is 6.04 Å². The number of carbonyl (C=O) groups excluding carboxylic acids is 1. The molecule has 0 fully saturated rings. The number of carbonyl (C=O) groups is 1. The van der Waals surface area contributed by atoms with E-state index in [0.29, 0.717) is 6.54 Å². The summed E-state index contributed by atoms with van der Waals surface area (Å²) in [7, 11) is 1.71. The number of rotatable bonds is 5. The van der Waals surface area contributed by atoms with Crippen LogP contribution in [-0.2, 0) is 11.2 Å². The van der Waals surface area contributed by atoms with Crippen LogP contribution in [-0.4, -0.2) is 42.2 Å². The zero-order chi connectivity index (χ0) is 13.7. The van der Waals surface area contributed by atoms with Gasteiger partial charge in [-0.2, -0.15) is 0 Å². The van der Waals surface area contributed by atoms with Crippen LogP contribution in [0.2, 0.25) is 0 Å². The van der Waals surface area contributed by atoms with E-state index in [2.05, 4.69) is 32.0 Å². The van der Waals surface area contributed by atoms with Crippen molar-refractivity contribution >= 4 is 5.91 Å². The van der Waals surface area contributed by atoms with Crippen LogP contribution in [0.25, 0.3) is 0 Å². The van der Waals surface area contributed by atoms with Gasteiger partial charge in [0.05, 0.1) is 6.61 Å². The third kappa shape index (κ3) is 3.82. The number of amides is 1. The van der Waals surface area contributed by atoms with Gasteiger partial charge >= 0.3 is 0 Å². The second-order valence-electron chi connectivity index (χ2n) is 4.73. The lowest BCUT2D eigenvalue weighted by Gasteiger charge is -2.20. The minimum Gasteiger partial charge on any atom is -0.394 e. The fourth-order valence-electron chi connectivity index (χ4n) is 1.83. The molecule has 18 heavy (non-hydrogen) atoms. The van der Waals surface area contributed by atoms with E-state index in [-0.39, 0.29) is 12.5 Å². The fourth-order valence-corrected chi connectivity index (χ4v) is 1.83. The fraction of sp³-hybridized carbons (Fsp3) is 0.500. The molecule has 0 radical (unpaired) electrons. The van der Waals surface area contributed by atoms with Gasteiger partial charge in [-0.25, -0.2) is 0 Å². The van der Waals surface area contributed by atoms with Gasteiger partial charge in [0, 0.05) is 13.6 Å². The van der Waals surface area contributed by atoms with E-state index in [4.69, 9.17) is 10.8 Å². The van der Waals surface area contributed by atoms with Gasteiger partial charge in [0.1, 0.15) is 6.04 Å². The van der Waals surface area contributed by atoms with Gasteiger partial charge in [-0.15, -0.1) is 0 Å². The number of hydrogen-bond acceptors (Lipinski definition) is 3. The first-order chi connectivity index (χ1) is 8.45. The van der Waals surface area contributed by atoms with Crippen molar-refractivity contribution in [3.05, 3.63) is 34.9 Å². The molecule has 0 bridgehead atoms. The second-order valence-corrected chi connectivity index (χ2v) is 4.73. The number of nitrogens with zero attached hydrogens (tertiary/aromatic N) is 1. The van der Waals surface area contributed by atoms with Crippen LogP contribution in [0.5, 0.6) is 0 Å². The predicted octanol–water partition coefficient (Wildman–Crippen LogP) is 0.624. The summed E-state index contributed by atoms with van der Waals surface area (Å²) in [5.41, 5.74) is 9.19. The molecule has 1 amide bonds. The number of benzene rings is 1. The van der Waals surface area contributed by atoms with Crippen molar-refractivity contribution < 1.29 is 9.90 Å². The summed E-state index contributed by atoms with van der Waals surface area (Å²) in [5, 5.41) is 8.85. The quantitative estimate of drug-likeness (QED) is 0.805. The molecule has 1 rings (SSSR count). The van der Waals surface area contributed by atoms with E-state index in [9.17, 15) is 4.79 Å². The Morgan fingerprint density at radius 2 is 2.11 bits per heavy atom. The molecule has 1 aromatic rings. The second kappa shape index (κ2) is 6.52. The van der Waals surface area contributed by atoms with Gasteiger partial charge in [-0.3, -0.25) is 4.79 Å². The van der Waals surface area contributed by atoms with E-state index in [1.807, 2.05) is 0 Å². The largest absolute Gasteiger partial charge is 0.394 e. The Morgan fingerprint density at radius 1 is 1.44 bits per heavy atom. The van der Waals surface area contributed by atoms with Crippen molar-refractivity contribution in [2.45, 2.75) is 26.3 Å². The highest BCUT2D eigenvalue weighted by Crippen LogP contribution is 2.11. The zero-order valence-electron chi connectivity index (χ0n) is 11.3. The van der Waals surface area contributed by atoms with Crippen LogP contribution in [0.3, 0.4) is 0 Å². The molecule has 4 heteroatoms. The summed E-state index contributed by atoms with van der Waals surface area (Å²) < 4.78 is 0. The monoisotopic (exact) mass is 250 g/mol. The molecule has 0 aliphatic heterocycles. The SMILES string of the molecule is Cc1ccc(C)c(CCN(C)C(=O)C(N)CO)c1. The molecule has 3 N–H and O–H groups in total. The average Bonchev–Trinajstić information content (AvgIpc) is 2.37. The molecule has 1 atom stereocenters. The average molecular weight is 250 g/mol. The Bertz CT molecular complexity index is 418. The van der Waals surface area contributed by atoms with Crippen LogP contribution in [0.1, 0.15) is 16.7 Å². The van der Waals surface area contributed by atoms with Crippen LogP contribution in [0, 0.1) is 13.8 Å². The Kier molecular flexibility index (Phi) is 5.31. The van der Waals surface area contributed by atoms with Crippen molar-refractivity contribution in [3.8, 4) is 0 Å². The van der Waals surface area contributed by atoms with Crippen LogP contribution in [0.4, 0.5) is 0 Å². The highest BCUT2D eigenvalue weighted by Gasteiger charge is 2.16. The highest BCUT2D eigenvalue weighted by molar-refractivity contribution is 5.81. The molecule has 0 spiro atoms. The standard InChI is InChI=1S/C14H22N2O2/c1-10-4-5-11(2)12(8-10)6-7-16(3)14(18)13(15)9-17/h4-5,8,13,17H,6-7,9,15H2,1-3H3. The molecule has 0 aliphatic carbocycles. The molecular formula is C14H22N2O2. The first-order valence-corrected chi connectivity index (χ1v) is 6.13. The molecule has 100 valence electrons. The number of likely N-dealkylation sites (N-methyl/N-ethyl adjacent to an activating group) is 1. The Balaban J connectivity index is 2.59. The molecule has 0 saturated carbocycles. The number of nitrogens with two attached hydrogens (primary N) is 1. The van der Waals surface area contributed by atoms with Crippen molar-refractivity contribution in [3.63, 3.8) is 0 Å². The van der Waals surface area contributed by atoms with Crippen LogP contribution >= 0.6 is 0 Å². The van der Waals surface area contributed by atoms with Crippen molar-refractivity contribution in [2.75, 3.05) is 20.2 Å². The Morgan fingerprint density at radius 3 is 2.72 bits per heavy atom. The first kappa shape index (κ1) is 14.7. The summed E-state index contributed by atoms with van der Waals surface area (Å²) in [6.45, 7) is 4.42. The third-order valence-electron chi connectivity index (χ3n) is 3.11. The maximum atomic E-state index is 11.7. The third-order valence-corrected chi connectivity index (χ3v) is 3.11. The minimum absolute atomic E-state index is 0.220. The van der Waals surface area contributed by atoms with Crippen molar-refractivity contribution in [1.29, 1.82) is 0 Å². The maximum absolute atomic E-state index is 11.7. The number of hydrogen-bond donors (Lipinski definition) is 2. The van der Waals surface area contributed by atoms with E-state index in [1.54, 1.807) is 11.9 Å². The molecule has 1 aromatic carbocycles. The Labute approximate surface area is 108 Å². The Hall–Kier alpha value is -1.39. The molecule has 0 aromatic heterocycles. The predicted molar refractivity (Wildman–Crippen MR) is 72.3 cm³/mol. The first-order valence-electron chi connectivity index (χ1n) is 6.13. The lowest BCUT2D eigenvalue weighted by Crippen LogP contribution is -2.44. The number of aliphatic hydroxyl groups excluding tert-OH is 1. The topological polar surface area (TPSA) is 66.6 Å². The molecule has 4 nitrogen and oxygen atoms in total. The van der Waals surface area contributed by atoms with Gasteiger partial charge in [0.15, 0.2) is 0 Å². The molecule has 0 aliphatic rings. The van der Waals surface area contributed by atoms with Gasteiger partial charge in [0.25, 0.3) is 0 Å². The summed E-state index contributed by atoms with van der Waals surface area (Å²) >= 11 is 0. The van der Waals surface area contributed by atoms with Gasteiger partial charge < -0.3 is 15.7 Å². The minimum atomic E-state index is -0.811. The lowest BCUT2D eigenvalue weighted by molar-refractivity contribution is -0.132. The van der Waals surface area contributed by atoms with Gasteiger partial charge in [-0.05, 0) is 31.4 Å². The summed E-state index contributed by atoms with van der Waals surface area (Å²) in [6.07, 6.45) is 0.800. The number of aliphatic hydroxyl groups is 1. The van der Waals surface area contributed by atoms with Crippen molar-refractivity contribution in [1.82, 2.24) is 4.90 Å². The van der Waals surface area contributed by atoms with Crippen LogP contribution in [0.15, 0.2) is 18.2 Å². The summed E-state index contributed by atoms with van der Waals surface area (Å²) in [4.78, 5) is 13.3. The number of aryl methyl sites for hydroxylation is 2. The van der Waals surface area contributed by atoms with E-state index >= 15 is 0 Å². The van der Waals surface area contributed by atoms with Crippen molar-refractivity contribution in [2.24, 2.45) is 5.73 Å². The smallest absolute Gasteiger partial charge is 0.241 e. The molecule has 0 saturated heterocycles. The lowest BCUT2D eigenvalue weighted by atomic mass is 10.0. The van der Waals surface area contributed by atoms with Crippen LogP contribution < -0.4 is 5.73 Å². The van der Waals surface area contributed by atoms with E-state index in [0.717, 1.165) is 6.42 Å². The highest BCUT2D eigenvalue weighted by atomic mass is 16.3. The zero-order valence-corrected chi connectivity index (χ0v) is 11.3.